The van der Waals surface area contributed by atoms with E-state index in [4.69, 9.17) is 0 Å². The number of halogens is 1. The first kappa shape index (κ1) is 14.1. The highest BCUT2D eigenvalue weighted by Crippen LogP contribution is 2.29. The van der Waals surface area contributed by atoms with Crippen molar-refractivity contribution in [1.29, 1.82) is 0 Å². The van der Waals surface area contributed by atoms with E-state index in [1.807, 2.05) is 0 Å². The number of benzene rings is 1. The van der Waals surface area contributed by atoms with Crippen LogP contribution in [0.3, 0.4) is 0 Å². The van der Waals surface area contributed by atoms with E-state index < -0.39 is 0 Å². The molecule has 2 heterocycles. The number of hydrogen-bond acceptors (Lipinski definition) is 2. The number of carbonyl (C=O) groups excluding carboxylic acids is 1. The number of likely N-dealkylation sites (tertiary alicyclic amines) is 2. The molecule has 1 aromatic rings. The molecule has 1 aromatic carbocycles. The van der Waals surface area contributed by atoms with Gasteiger partial charge in [0.1, 0.15) is 0 Å². The van der Waals surface area contributed by atoms with E-state index >= 15 is 0 Å². The summed E-state index contributed by atoms with van der Waals surface area (Å²) < 4.78 is 0. The number of rotatable bonds is 3. The maximum absolute atomic E-state index is 12.2. The average molecular weight is 337 g/mol. The highest BCUT2D eigenvalue weighted by atomic mass is 79.9. The summed E-state index contributed by atoms with van der Waals surface area (Å²) in [5, 5.41) is 0. The lowest BCUT2D eigenvalue weighted by Gasteiger charge is -2.30. The van der Waals surface area contributed by atoms with Gasteiger partial charge in [-0.15, -0.1) is 0 Å². The van der Waals surface area contributed by atoms with Gasteiger partial charge in [0.2, 0.25) is 5.91 Å². The van der Waals surface area contributed by atoms with E-state index in [0.717, 1.165) is 32.5 Å². The molecule has 2 aliphatic rings. The molecule has 4 heteroatoms. The predicted octanol–water partition coefficient (Wildman–Crippen LogP) is 2.65. The fourth-order valence-corrected chi connectivity index (χ4v) is 3.91. The van der Waals surface area contributed by atoms with Gasteiger partial charge in [0.05, 0.1) is 4.83 Å². The van der Waals surface area contributed by atoms with Crippen molar-refractivity contribution < 1.29 is 4.79 Å². The van der Waals surface area contributed by atoms with Gasteiger partial charge in [0.25, 0.3) is 0 Å². The van der Waals surface area contributed by atoms with Gasteiger partial charge < -0.3 is 4.90 Å². The van der Waals surface area contributed by atoms with Crippen molar-refractivity contribution in [3.8, 4) is 0 Å². The van der Waals surface area contributed by atoms with Gasteiger partial charge in [-0.05, 0) is 25.3 Å². The molecule has 1 amide bonds. The maximum Gasteiger partial charge on any atom is 0.236 e. The quantitative estimate of drug-likeness (QED) is 0.792. The standard InChI is InChI=1S/C16H21BrN2O/c1-12-15(19-10-7-14(17)16(19)20)8-9-18(12)11-13-5-3-2-4-6-13/h2-6,12,14-15H,7-11H2,1H3. The summed E-state index contributed by atoms with van der Waals surface area (Å²) in [7, 11) is 0. The second-order valence-electron chi connectivity index (χ2n) is 5.84. The molecule has 20 heavy (non-hydrogen) atoms. The van der Waals surface area contributed by atoms with E-state index in [9.17, 15) is 4.79 Å². The molecule has 2 aliphatic heterocycles. The molecule has 3 rings (SSSR count). The molecular weight excluding hydrogens is 316 g/mol. The Kier molecular flexibility index (Phi) is 4.13. The SMILES string of the molecule is CC1C(N2CCC(Br)C2=O)CCN1Cc1ccccc1. The summed E-state index contributed by atoms with van der Waals surface area (Å²) in [6.07, 6.45) is 2.04. The number of nitrogens with zero attached hydrogens (tertiary/aromatic N) is 2. The molecule has 0 aliphatic carbocycles. The van der Waals surface area contributed by atoms with Crippen molar-refractivity contribution in [3.63, 3.8) is 0 Å². The molecule has 3 nitrogen and oxygen atoms in total. The minimum atomic E-state index is 0.0397. The van der Waals surface area contributed by atoms with Gasteiger partial charge in [-0.1, -0.05) is 46.3 Å². The molecule has 108 valence electrons. The van der Waals surface area contributed by atoms with Crippen LogP contribution in [0.2, 0.25) is 0 Å². The van der Waals surface area contributed by atoms with Crippen molar-refractivity contribution in [2.45, 2.75) is 43.2 Å². The summed E-state index contributed by atoms with van der Waals surface area (Å²) >= 11 is 3.48. The first-order valence-electron chi connectivity index (χ1n) is 7.39. The van der Waals surface area contributed by atoms with Crippen LogP contribution in [0.4, 0.5) is 0 Å². The van der Waals surface area contributed by atoms with E-state index in [2.05, 4.69) is 63.0 Å². The van der Waals surface area contributed by atoms with E-state index in [1.165, 1.54) is 5.56 Å². The minimum absolute atomic E-state index is 0.0397. The second-order valence-corrected chi connectivity index (χ2v) is 6.95. The van der Waals surface area contributed by atoms with Crippen LogP contribution >= 0.6 is 15.9 Å². The molecule has 0 saturated carbocycles. The molecule has 2 saturated heterocycles. The second kappa shape index (κ2) is 5.86. The highest BCUT2D eigenvalue weighted by molar-refractivity contribution is 9.10. The van der Waals surface area contributed by atoms with E-state index in [-0.39, 0.29) is 10.7 Å². The van der Waals surface area contributed by atoms with Crippen LogP contribution in [0.1, 0.15) is 25.3 Å². The lowest BCUT2D eigenvalue weighted by molar-refractivity contribution is -0.129. The van der Waals surface area contributed by atoms with Crippen molar-refractivity contribution in [1.82, 2.24) is 9.80 Å². The molecule has 0 bridgehead atoms. The van der Waals surface area contributed by atoms with Gasteiger partial charge in [-0.2, -0.15) is 0 Å². The largest absolute Gasteiger partial charge is 0.337 e. The van der Waals surface area contributed by atoms with E-state index in [1.54, 1.807) is 0 Å². The summed E-state index contributed by atoms with van der Waals surface area (Å²) in [5.74, 6) is 0.281. The maximum atomic E-state index is 12.2. The lowest BCUT2D eigenvalue weighted by Crippen LogP contribution is -2.44. The Morgan fingerprint density at radius 1 is 1.20 bits per heavy atom. The molecule has 0 spiro atoms. The Bertz CT molecular complexity index is 479. The zero-order valence-corrected chi connectivity index (χ0v) is 13.4. The van der Waals surface area contributed by atoms with E-state index in [0.29, 0.717) is 12.1 Å². The Labute approximate surface area is 129 Å². The Balaban J connectivity index is 1.65. The van der Waals surface area contributed by atoms with Crippen molar-refractivity contribution in [2.75, 3.05) is 13.1 Å². The van der Waals surface area contributed by atoms with Crippen LogP contribution in [0, 0.1) is 0 Å². The van der Waals surface area contributed by atoms with Crippen LogP contribution in [0.5, 0.6) is 0 Å². The van der Waals surface area contributed by atoms with Crippen molar-refractivity contribution >= 4 is 21.8 Å². The molecule has 0 N–H and O–H groups in total. The Morgan fingerprint density at radius 3 is 2.60 bits per heavy atom. The number of hydrogen-bond donors (Lipinski definition) is 0. The first-order valence-corrected chi connectivity index (χ1v) is 8.31. The number of alkyl halides is 1. The van der Waals surface area contributed by atoms with Crippen LogP contribution in [-0.2, 0) is 11.3 Å². The highest BCUT2D eigenvalue weighted by Gasteiger charge is 2.41. The monoisotopic (exact) mass is 336 g/mol. The summed E-state index contributed by atoms with van der Waals surface area (Å²) in [6, 6.07) is 11.4. The molecule has 0 radical (unpaired) electrons. The third-order valence-electron chi connectivity index (χ3n) is 4.65. The third-order valence-corrected chi connectivity index (χ3v) is 5.50. The smallest absolute Gasteiger partial charge is 0.236 e. The average Bonchev–Trinajstić information content (AvgIpc) is 2.97. The van der Waals surface area contributed by atoms with Crippen molar-refractivity contribution in [2.24, 2.45) is 0 Å². The summed E-state index contributed by atoms with van der Waals surface area (Å²) in [5.41, 5.74) is 1.35. The lowest BCUT2D eigenvalue weighted by atomic mass is 10.1. The normalized spacial score (nSPS) is 31.2. The minimum Gasteiger partial charge on any atom is -0.337 e. The molecular formula is C16H21BrN2O. The molecule has 0 aromatic heterocycles. The van der Waals surface area contributed by atoms with Gasteiger partial charge >= 0.3 is 0 Å². The van der Waals surface area contributed by atoms with Crippen molar-refractivity contribution in [3.05, 3.63) is 35.9 Å². The van der Waals surface area contributed by atoms with Gasteiger partial charge in [0, 0.05) is 31.7 Å². The predicted molar refractivity (Wildman–Crippen MR) is 83.8 cm³/mol. The topological polar surface area (TPSA) is 23.6 Å². The zero-order valence-electron chi connectivity index (χ0n) is 11.8. The number of amides is 1. The van der Waals surface area contributed by atoms with Crippen LogP contribution in [-0.4, -0.2) is 45.7 Å². The fraction of sp³-hybridized carbons (Fsp3) is 0.562. The summed E-state index contributed by atoms with van der Waals surface area (Å²) in [4.78, 5) is 16.8. The van der Waals surface area contributed by atoms with Gasteiger partial charge in [0.15, 0.2) is 0 Å². The van der Waals surface area contributed by atoms with Crippen LogP contribution < -0.4 is 0 Å². The fourth-order valence-electron chi connectivity index (χ4n) is 3.44. The Hall–Kier alpha value is -0.870. The number of carbonyl (C=O) groups is 1. The zero-order chi connectivity index (χ0) is 14.1. The molecule has 3 unspecified atom stereocenters. The van der Waals surface area contributed by atoms with Gasteiger partial charge in [-0.3, -0.25) is 9.69 Å². The molecule has 3 atom stereocenters. The molecule has 2 fully saturated rings. The summed E-state index contributed by atoms with van der Waals surface area (Å²) in [6.45, 7) is 5.23. The Morgan fingerprint density at radius 2 is 1.95 bits per heavy atom. The van der Waals surface area contributed by atoms with Crippen LogP contribution in [0.25, 0.3) is 0 Å². The first-order chi connectivity index (χ1) is 9.66. The van der Waals surface area contributed by atoms with Gasteiger partial charge in [-0.25, -0.2) is 0 Å². The third kappa shape index (κ3) is 2.63. The van der Waals surface area contributed by atoms with Crippen LogP contribution in [0.15, 0.2) is 30.3 Å².